The van der Waals surface area contributed by atoms with Gasteiger partial charge < -0.3 is 16.0 Å². The lowest BCUT2D eigenvalue weighted by atomic mass is 10.1. The molecule has 0 radical (unpaired) electrons. The van der Waals surface area contributed by atoms with Crippen LogP contribution in [-0.2, 0) is 17.4 Å². The van der Waals surface area contributed by atoms with Crippen molar-refractivity contribution in [2.24, 2.45) is 0 Å². The molecule has 0 saturated carbocycles. The first-order valence-electron chi connectivity index (χ1n) is 11.2. The molecule has 0 saturated heterocycles. The molecule has 1 amide bonds. The van der Waals surface area contributed by atoms with Crippen LogP contribution in [0, 0.1) is 13.8 Å². The van der Waals surface area contributed by atoms with Crippen molar-refractivity contribution in [3.05, 3.63) is 101 Å². The Labute approximate surface area is 206 Å². The zero-order chi connectivity index (χ0) is 25.7. The first kappa shape index (κ1) is 24.7. The Hall–Kier alpha value is -4.40. The predicted molar refractivity (Wildman–Crippen MR) is 135 cm³/mol. The molecular weight excluding hydrogens is 467 g/mol. The molecule has 0 fully saturated rings. The molecule has 0 atom stereocenters. The Balaban J connectivity index is 1.37. The maximum Gasteiger partial charge on any atom is 0.416 e. The van der Waals surface area contributed by atoms with Gasteiger partial charge in [0.2, 0.25) is 5.91 Å². The standard InChI is InChI=1S/C27H24F3N5O/c1-17-6-8-21(9-7-17)33-24-16-25(32-18(2)31-24)34-22-10-12-23(13-11-22)35-26(36)15-19-4-3-5-20(14-19)27(28,29)30/h3-14,16H,15H2,1-2H3,(H,35,36)(H2,31,32,33,34). The van der Waals surface area contributed by atoms with Crippen LogP contribution in [0.4, 0.5) is 41.9 Å². The Morgan fingerprint density at radius 3 is 1.92 bits per heavy atom. The quantitative estimate of drug-likeness (QED) is 0.266. The molecule has 4 aromatic rings. The second kappa shape index (κ2) is 10.5. The summed E-state index contributed by atoms with van der Waals surface area (Å²) in [5.74, 6) is 1.42. The van der Waals surface area contributed by atoms with Crippen LogP contribution in [0.5, 0.6) is 0 Å². The van der Waals surface area contributed by atoms with Gasteiger partial charge in [0.05, 0.1) is 12.0 Å². The van der Waals surface area contributed by atoms with Crippen molar-refractivity contribution < 1.29 is 18.0 Å². The number of aromatic nitrogens is 2. The molecule has 0 aliphatic carbocycles. The van der Waals surface area contributed by atoms with Gasteiger partial charge in [0, 0.05) is 23.1 Å². The summed E-state index contributed by atoms with van der Waals surface area (Å²) in [5.41, 5.74) is 2.85. The van der Waals surface area contributed by atoms with Gasteiger partial charge in [-0.05, 0) is 61.9 Å². The van der Waals surface area contributed by atoms with Crippen LogP contribution in [0.1, 0.15) is 22.5 Å². The molecule has 184 valence electrons. The molecule has 0 spiro atoms. The number of nitrogens with zero attached hydrogens (tertiary/aromatic N) is 2. The number of halogens is 3. The Bertz CT molecular complexity index is 1350. The summed E-state index contributed by atoms with van der Waals surface area (Å²) < 4.78 is 38.7. The maximum atomic E-state index is 12.9. The number of hydrogen-bond donors (Lipinski definition) is 3. The van der Waals surface area contributed by atoms with Gasteiger partial charge in [-0.15, -0.1) is 0 Å². The molecule has 3 aromatic carbocycles. The molecule has 1 aromatic heterocycles. The number of hydrogen-bond acceptors (Lipinski definition) is 5. The van der Waals surface area contributed by atoms with E-state index in [0.29, 0.717) is 23.1 Å². The molecule has 36 heavy (non-hydrogen) atoms. The molecule has 0 unspecified atom stereocenters. The minimum Gasteiger partial charge on any atom is -0.340 e. The van der Waals surface area contributed by atoms with E-state index in [1.165, 1.54) is 12.1 Å². The van der Waals surface area contributed by atoms with E-state index in [0.717, 1.165) is 29.1 Å². The lowest BCUT2D eigenvalue weighted by Crippen LogP contribution is -2.15. The Kier molecular flexibility index (Phi) is 7.19. The van der Waals surface area contributed by atoms with Crippen molar-refractivity contribution in [2.75, 3.05) is 16.0 Å². The number of amides is 1. The number of alkyl halides is 3. The van der Waals surface area contributed by atoms with Crippen molar-refractivity contribution in [1.29, 1.82) is 0 Å². The third-order valence-corrected chi connectivity index (χ3v) is 5.22. The molecule has 6 nitrogen and oxygen atoms in total. The van der Waals surface area contributed by atoms with Crippen molar-refractivity contribution in [3.8, 4) is 0 Å². The average molecular weight is 492 g/mol. The normalized spacial score (nSPS) is 11.1. The molecule has 0 aliphatic rings. The molecule has 9 heteroatoms. The maximum absolute atomic E-state index is 12.9. The third kappa shape index (κ3) is 6.82. The van der Waals surface area contributed by atoms with Crippen molar-refractivity contribution in [3.63, 3.8) is 0 Å². The average Bonchev–Trinajstić information content (AvgIpc) is 2.81. The van der Waals surface area contributed by atoms with E-state index in [4.69, 9.17) is 0 Å². The van der Waals surface area contributed by atoms with Crippen LogP contribution in [0.3, 0.4) is 0 Å². The smallest absolute Gasteiger partial charge is 0.340 e. The summed E-state index contributed by atoms with van der Waals surface area (Å²) in [7, 11) is 0. The lowest BCUT2D eigenvalue weighted by molar-refractivity contribution is -0.137. The first-order valence-corrected chi connectivity index (χ1v) is 11.2. The first-order chi connectivity index (χ1) is 17.1. The van der Waals surface area contributed by atoms with Gasteiger partial charge in [0.25, 0.3) is 0 Å². The van der Waals surface area contributed by atoms with E-state index in [-0.39, 0.29) is 12.0 Å². The topological polar surface area (TPSA) is 78.9 Å². The van der Waals surface area contributed by atoms with Gasteiger partial charge in [0.1, 0.15) is 17.5 Å². The molecule has 1 heterocycles. The van der Waals surface area contributed by atoms with Gasteiger partial charge in [-0.1, -0.05) is 35.9 Å². The number of carbonyl (C=O) groups excluding carboxylic acids is 1. The minimum absolute atomic E-state index is 0.166. The number of nitrogens with one attached hydrogen (secondary N) is 3. The fraction of sp³-hybridized carbons (Fsp3) is 0.148. The van der Waals surface area contributed by atoms with Crippen LogP contribution in [-0.4, -0.2) is 15.9 Å². The van der Waals surface area contributed by atoms with Gasteiger partial charge >= 0.3 is 6.18 Å². The summed E-state index contributed by atoms with van der Waals surface area (Å²) in [4.78, 5) is 21.2. The van der Waals surface area contributed by atoms with E-state index in [1.807, 2.05) is 31.2 Å². The molecule has 3 N–H and O–H groups in total. The van der Waals surface area contributed by atoms with Gasteiger partial charge in [-0.25, -0.2) is 9.97 Å². The number of aryl methyl sites for hydroxylation is 2. The van der Waals surface area contributed by atoms with Gasteiger partial charge in [-0.3, -0.25) is 4.79 Å². The second-order valence-corrected chi connectivity index (χ2v) is 8.30. The zero-order valence-electron chi connectivity index (χ0n) is 19.6. The van der Waals surface area contributed by atoms with E-state index in [9.17, 15) is 18.0 Å². The molecular formula is C27H24F3N5O. The van der Waals surface area contributed by atoms with E-state index in [1.54, 1.807) is 37.3 Å². The summed E-state index contributed by atoms with van der Waals surface area (Å²) in [6.07, 6.45) is -4.62. The van der Waals surface area contributed by atoms with Crippen molar-refractivity contribution in [1.82, 2.24) is 9.97 Å². The van der Waals surface area contributed by atoms with E-state index >= 15 is 0 Å². The van der Waals surface area contributed by atoms with E-state index in [2.05, 4.69) is 25.9 Å². The Morgan fingerprint density at radius 1 is 0.778 bits per heavy atom. The summed E-state index contributed by atoms with van der Waals surface area (Å²) in [6.45, 7) is 3.82. The van der Waals surface area contributed by atoms with Crippen molar-refractivity contribution in [2.45, 2.75) is 26.4 Å². The van der Waals surface area contributed by atoms with Crippen LogP contribution < -0.4 is 16.0 Å². The summed E-state index contributed by atoms with van der Waals surface area (Å²) >= 11 is 0. The van der Waals surface area contributed by atoms with Crippen LogP contribution in [0.15, 0.2) is 78.9 Å². The third-order valence-electron chi connectivity index (χ3n) is 5.22. The molecule has 4 rings (SSSR count). The summed E-state index contributed by atoms with van der Waals surface area (Å²) in [6, 6.07) is 21.4. The van der Waals surface area contributed by atoms with Crippen molar-refractivity contribution >= 4 is 34.6 Å². The number of anilines is 5. The van der Waals surface area contributed by atoms with Crippen LogP contribution >= 0.6 is 0 Å². The Morgan fingerprint density at radius 2 is 1.33 bits per heavy atom. The van der Waals surface area contributed by atoms with Crippen LogP contribution in [0.2, 0.25) is 0 Å². The zero-order valence-corrected chi connectivity index (χ0v) is 19.6. The number of carbonyl (C=O) groups is 1. The summed E-state index contributed by atoms with van der Waals surface area (Å²) in [5, 5.41) is 9.18. The largest absolute Gasteiger partial charge is 0.416 e. The number of rotatable bonds is 7. The lowest BCUT2D eigenvalue weighted by Gasteiger charge is -2.12. The highest BCUT2D eigenvalue weighted by molar-refractivity contribution is 5.92. The SMILES string of the molecule is Cc1ccc(Nc2cc(Nc3ccc(NC(=O)Cc4cccc(C(F)(F)F)c4)cc3)nc(C)n2)cc1. The van der Waals surface area contributed by atoms with Gasteiger partial charge in [0.15, 0.2) is 0 Å². The fourth-order valence-electron chi connectivity index (χ4n) is 3.51. The highest BCUT2D eigenvalue weighted by Crippen LogP contribution is 2.29. The second-order valence-electron chi connectivity index (χ2n) is 8.30. The number of benzene rings is 3. The van der Waals surface area contributed by atoms with E-state index < -0.39 is 17.6 Å². The van der Waals surface area contributed by atoms with Gasteiger partial charge in [-0.2, -0.15) is 13.2 Å². The highest BCUT2D eigenvalue weighted by atomic mass is 19.4. The predicted octanol–water partition coefficient (Wildman–Crippen LogP) is 6.78. The fourth-order valence-corrected chi connectivity index (χ4v) is 3.51. The monoisotopic (exact) mass is 491 g/mol. The minimum atomic E-state index is -4.45. The molecule has 0 aliphatic heterocycles. The highest BCUT2D eigenvalue weighted by Gasteiger charge is 2.30. The molecule has 0 bridgehead atoms. The van der Waals surface area contributed by atoms with Crippen LogP contribution in [0.25, 0.3) is 0 Å².